The zero-order valence-corrected chi connectivity index (χ0v) is 12.5. The SMILES string of the molecule is CCCNCC(O)Cn1ncc(N2CCOCC2)cc1=O. The van der Waals surface area contributed by atoms with Gasteiger partial charge in [0, 0.05) is 25.7 Å². The van der Waals surface area contributed by atoms with Gasteiger partial charge >= 0.3 is 0 Å². The quantitative estimate of drug-likeness (QED) is 0.657. The predicted molar refractivity (Wildman–Crippen MR) is 80.7 cm³/mol. The minimum Gasteiger partial charge on any atom is -0.390 e. The van der Waals surface area contributed by atoms with Gasteiger partial charge in [-0.3, -0.25) is 4.79 Å². The second-order valence-electron chi connectivity index (χ2n) is 5.19. The fourth-order valence-corrected chi connectivity index (χ4v) is 2.27. The van der Waals surface area contributed by atoms with Crippen molar-refractivity contribution in [1.29, 1.82) is 0 Å². The highest BCUT2D eigenvalue weighted by Gasteiger charge is 2.13. The minimum absolute atomic E-state index is 0.187. The fourth-order valence-electron chi connectivity index (χ4n) is 2.27. The van der Waals surface area contributed by atoms with Crippen molar-refractivity contribution in [2.75, 3.05) is 44.3 Å². The topological polar surface area (TPSA) is 79.6 Å². The van der Waals surface area contributed by atoms with Gasteiger partial charge in [0.15, 0.2) is 0 Å². The van der Waals surface area contributed by atoms with E-state index in [0.717, 1.165) is 31.7 Å². The van der Waals surface area contributed by atoms with Gasteiger partial charge in [0.05, 0.1) is 37.7 Å². The molecule has 1 saturated heterocycles. The van der Waals surface area contributed by atoms with Crippen molar-refractivity contribution in [3.8, 4) is 0 Å². The maximum atomic E-state index is 12.1. The number of aliphatic hydroxyl groups is 1. The highest BCUT2D eigenvalue weighted by molar-refractivity contribution is 5.43. The lowest BCUT2D eigenvalue weighted by atomic mass is 10.3. The van der Waals surface area contributed by atoms with E-state index in [2.05, 4.69) is 22.2 Å². The third kappa shape index (κ3) is 4.80. The van der Waals surface area contributed by atoms with Crippen molar-refractivity contribution >= 4 is 5.69 Å². The Kier molecular flexibility index (Phi) is 6.16. The molecule has 118 valence electrons. The van der Waals surface area contributed by atoms with Crippen LogP contribution < -0.4 is 15.8 Å². The smallest absolute Gasteiger partial charge is 0.268 e. The number of morpholine rings is 1. The van der Waals surface area contributed by atoms with E-state index in [1.807, 2.05) is 0 Å². The summed E-state index contributed by atoms with van der Waals surface area (Å²) in [6.07, 6.45) is 2.08. The lowest BCUT2D eigenvalue weighted by molar-refractivity contribution is 0.122. The van der Waals surface area contributed by atoms with Crippen LogP contribution in [0.3, 0.4) is 0 Å². The Balaban J connectivity index is 1.94. The van der Waals surface area contributed by atoms with Gasteiger partial charge < -0.3 is 20.1 Å². The van der Waals surface area contributed by atoms with E-state index in [9.17, 15) is 9.90 Å². The Morgan fingerprint density at radius 2 is 2.24 bits per heavy atom. The van der Waals surface area contributed by atoms with Gasteiger partial charge in [-0.2, -0.15) is 5.10 Å². The normalized spacial score (nSPS) is 17.0. The summed E-state index contributed by atoms with van der Waals surface area (Å²) < 4.78 is 6.60. The summed E-state index contributed by atoms with van der Waals surface area (Å²) in [6.45, 7) is 6.48. The number of hydrogen-bond acceptors (Lipinski definition) is 6. The molecule has 0 bridgehead atoms. The van der Waals surface area contributed by atoms with Crippen LogP contribution in [0.5, 0.6) is 0 Å². The van der Waals surface area contributed by atoms with Gasteiger partial charge in [-0.25, -0.2) is 4.68 Å². The zero-order valence-electron chi connectivity index (χ0n) is 12.5. The van der Waals surface area contributed by atoms with E-state index < -0.39 is 6.10 Å². The van der Waals surface area contributed by atoms with Gasteiger partial charge in [-0.15, -0.1) is 0 Å². The number of nitrogens with zero attached hydrogens (tertiary/aromatic N) is 3. The minimum atomic E-state index is -0.615. The molecule has 1 aromatic heterocycles. The van der Waals surface area contributed by atoms with Gasteiger partial charge in [0.1, 0.15) is 0 Å². The maximum Gasteiger partial charge on any atom is 0.268 e. The van der Waals surface area contributed by atoms with Crippen LogP contribution in [0.2, 0.25) is 0 Å². The first-order chi connectivity index (χ1) is 10.2. The standard InChI is InChI=1S/C14H24N4O3/c1-2-3-15-10-13(19)11-18-14(20)8-12(9-16-18)17-4-6-21-7-5-17/h8-9,13,15,19H,2-7,10-11H2,1H3. The molecule has 7 heteroatoms. The summed E-state index contributed by atoms with van der Waals surface area (Å²) in [5.74, 6) is 0. The van der Waals surface area contributed by atoms with E-state index in [1.165, 1.54) is 4.68 Å². The number of rotatable bonds is 7. The molecule has 0 aromatic carbocycles. The highest BCUT2D eigenvalue weighted by Crippen LogP contribution is 2.11. The van der Waals surface area contributed by atoms with Gasteiger partial charge in [-0.1, -0.05) is 6.92 Å². The maximum absolute atomic E-state index is 12.1. The Morgan fingerprint density at radius 1 is 1.48 bits per heavy atom. The molecule has 1 aromatic rings. The highest BCUT2D eigenvalue weighted by atomic mass is 16.5. The Hall–Kier alpha value is -1.44. The Labute approximate surface area is 124 Å². The van der Waals surface area contributed by atoms with Crippen LogP contribution in [0.1, 0.15) is 13.3 Å². The summed E-state index contributed by atoms with van der Waals surface area (Å²) in [4.78, 5) is 14.1. The van der Waals surface area contributed by atoms with Crippen LogP contribution in [0.25, 0.3) is 0 Å². The molecule has 0 aliphatic carbocycles. The monoisotopic (exact) mass is 296 g/mol. The van der Waals surface area contributed by atoms with Crippen LogP contribution in [-0.2, 0) is 11.3 Å². The summed E-state index contributed by atoms with van der Waals surface area (Å²) in [7, 11) is 0. The molecule has 0 radical (unpaired) electrons. The number of ether oxygens (including phenoxy) is 1. The van der Waals surface area contributed by atoms with Crippen molar-refractivity contribution < 1.29 is 9.84 Å². The lowest BCUT2D eigenvalue weighted by Gasteiger charge is -2.28. The van der Waals surface area contributed by atoms with Crippen molar-refractivity contribution in [3.05, 3.63) is 22.6 Å². The average molecular weight is 296 g/mol. The molecule has 1 fully saturated rings. The zero-order chi connectivity index (χ0) is 15.1. The van der Waals surface area contributed by atoms with Gasteiger partial charge in [0.2, 0.25) is 0 Å². The summed E-state index contributed by atoms with van der Waals surface area (Å²) in [6, 6.07) is 1.57. The molecular formula is C14H24N4O3. The van der Waals surface area contributed by atoms with Gasteiger partial charge in [-0.05, 0) is 13.0 Å². The van der Waals surface area contributed by atoms with Crippen LogP contribution >= 0.6 is 0 Å². The average Bonchev–Trinajstić information content (AvgIpc) is 2.50. The molecule has 1 aliphatic rings. The molecular weight excluding hydrogens is 272 g/mol. The first kappa shape index (κ1) is 15.9. The first-order valence-corrected chi connectivity index (χ1v) is 7.49. The number of aliphatic hydroxyl groups excluding tert-OH is 1. The molecule has 1 aliphatic heterocycles. The molecule has 7 nitrogen and oxygen atoms in total. The van der Waals surface area contributed by atoms with E-state index in [-0.39, 0.29) is 12.1 Å². The Bertz CT molecular complexity index is 485. The van der Waals surface area contributed by atoms with E-state index in [4.69, 9.17) is 4.74 Å². The molecule has 21 heavy (non-hydrogen) atoms. The Morgan fingerprint density at radius 3 is 2.90 bits per heavy atom. The van der Waals surface area contributed by atoms with Crippen LogP contribution in [0.4, 0.5) is 5.69 Å². The fraction of sp³-hybridized carbons (Fsp3) is 0.714. The summed E-state index contributed by atoms with van der Waals surface area (Å²) in [5, 5.41) is 17.2. The molecule has 0 amide bonds. The number of hydrogen-bond donors (Lipinski definition) is 2. The van der Waals surface area contributed by atoms with E-state index >= 15 is 0 Å². The van der Waals surface area contributed by atoms with Crippen LogP contribution in [0.15, 0.2) is 17.1 Å². The molecule has 2 N–H and O–H groups in total. The molecule has 0 saturated carbocycles. The van der Waals surface area contributed by atoms with E-state index in [0.29, 0.717) is 19.8 Å². The van der Waals surface area contributed by atoms with Crippen LogP contribution in [-0.4, -0.2) is 60.4 Å². The second-order valence-corrected chi connectivity index (χ2v) is 5.19. The lowest BCUT2D eigenvalue weighted by Crippen LogP contribution is -2.38. The molecule has 0 spiro atoms. The second kappa shape index (κ2) is 8.11. The van der Waals surface area contributed by atoms with Crippen LogP contribution in [0, 0.1) is 0 Å². The van der Waals surface area contributed by atoms with Gasteiger partial charge in [0.25, 0.3) is 5.56 Å². The third-order valence-electron chi connectivity index (χ3n) is 3.42. The largest absolute Gasteiger partial charge is 0.390 e. The molecule has 2 rings (SSSR count). The van der Waals surface area contributed by atoms with E-state index in [1.54, 1.807) is 12.3 Å². The number of anilines is 1. The third-order valence-corrected chi connectivity index (χ3v) is 3.42. The van der Waals surface area contributed by atoms with Crippen molar-refractivity contribution in [1.82, 2.24) is 15.1 Å². The van der Waals surface area contributed by atoms with Crippen molar-refractivity contribution in [2.45, 2.75) is 26.0 Å². The summed E-state index contributed by atoms with van der Waals surface area (Å²) in [5.41, 5.74) is 0.631. The predicted octanol–water partition coefficient (Wildman–Crippen LogP) is -0.560. The molecule has 2 heterocycles. The van der Waals surface area contributed by atoms with Crippen molar-refractivity contribution in [3.63, 3.8) is 0 Å². The summed E-state index contributed by atoms with van der Waals surface area (Å²) >= 11 is 0. The number of aromatic nitrogens is 2. The first-order valence-electron chi connectivity index (χ1n) is 7.49. The number of nitrogens with one attached hydrogen (secondary N) is 1. The van der Waals surface area contributed by atoms with Crippen molar-refractivity contribution in [2.24, 2.45) is 0 Å². The molecule has 1 unspecified atom stereocenters. The molecule has 1 atom stereocenters.